The predicted molar refractivity (Wildman–Crippen MR) is 206 cm³/mol. The smallest absolute Gasteiger partial charge is 0.408 e. The van der Waals surface area contributed by atoms with Gasteiger partial charge in [-0.25, -0.2) is 4.79 Å². The Morgan fingerprint density at radius 3 is 2.44 bits per heavy atom. The largest absolute Gasteiger partial charge is 0.458 e. The van der Waals surface area contributed by atoms with E-state index >= 15 is 0 Å². The maximum atomic E-state index is 14.4. The third-order valence-electron chi connectivity index (χ3n) is 11.9. The van der Waals surface area contributed by atoms with Crippen molar-refractivity contribution in [3.63, 3.8) is 0 Å². The summed E-state index contributed by atoms with van der Waals surface area (Å²) in [6.45, 7) is 13.8. The van der Waals surface area contributed by atoms with Crippen molar-refractivity contribution in [2.75, 3.05) is 20.7 Å². The van der Waals surface area contributed by atoms with Crippen LogP contribution in [0, 0.1) is 23.7 Å². The number of nitrogens with zero attached hydrogens (tertiary/aromatic N) is 2. The predicted octanol–water partition coefficient (Wildman–Crippen LogP) is 5.11. The summed E-state index contributed by atoms with van der Waals surface area (Å²) in [5, 5.41) is 15.4. The standard InChI is InChI=1S/C42H59N3O10/c1-11-32-42(8)36(44-40(50)55-42)25(4)33(46)23(2)21-41(7,51-18-14-15-28-20-29-16-12-13-17-30(29)43-22-28)37(26(5)34(47)27(6)38(49)53-32)54-39-35(48)31(45(9)10)19-24(3)52-39/h12-17,20,22-27,31-32,35-37,39,48H,11,18-19,21H2,1-10H3,(H,44,50)/b15-14+/t23-,24-,25+,26+,27-,31+,32-,35-,36-,37-,39+,41+,42-/m1/s1. The number of pyridine rings is 1. The molecule has 0 aliphatic carbocycles. The number of ketones is 2. The highest BCUT2D eigenvalue weighted by molar-refractivity contribution is 6.00. The minimum absolute atomic E-state index is 0.0612. The fraction of sp³-hybridized carbons (Fsp3) is 0.643. The van der Waals surface area contributed by atoms with Gasteiger partial charge in [0.15, 0.2) is 17.7 Å². The van der Waals surface area contributed by atoms with Crippen molar-refractivity contribution in [3.05, 3.63) is 48.2 Å². The number of rotatable bonds is 8. The molecule has 3 saturated heterocycles. The number of benzene rings is 1. The van der Waals surface area contributed by atoms with Gasteiger partial charge in [0, 0.05) is 35.4 Å². The third-order valence-corrected chi connectivity index (χ3v) is 11.9. The second kappa shape index (κ2) is 17.2. The monoisotopic (exact) mass is 765 g/mol. The highest BCUT2D eigenvalue weighted by Gasteiger charge is 2.57. The summed E-state index contributed by atoms with van der Waals surface area (Å²) >= 11 is 0. The first-order valence-corrected chi connectivity index (χ1v) is 19.5. The van der Waals surface area contributed by atoms with Crippen LogP contribution >= 0.6 is 0 Å². The molecular formula is C42H59N3O10. The molecule has 3 fully saturated rings. The fourth-order valence-corrected chi connectivity index (χ4v) is 8.73. The Bertz CT molecular complexity index is 1750. The number of esters is 1. The second-order valence-corrected chi connectivity index (χ2v) is 16.4. The van der Waals surface area contributed by atoms with Crippen molar-refractivity contribution in [1.29, 1.82) is 0 Å². The topological polar surface area (TPSA) is 163 Å². The summed E-state index contributed by atoms with van der Waals surface area (Å²) in [6.07, 6.45) is 1.12. The molecule has 13 atom stereocenters. The number of likely N-dealkylation sites (N-methyl/N-ethyl adjacent to an activating group) is 1. The van der Waals surface area contributed by atoms with Crippen molar-refractivity contribution < 1.29 is 48.0 Å². The average Bonchev–Trinajstić information content (AvgIpc) is 3.47. The van der Waals surface area contributed by atoms with E-state index in [4.69, 9.17) is 23.7 Å². The van der Waals surface area contributed by atoms with Crippen molar-refractivity contribution in [2.24, 2.45) is 23.7 Å². The van der Waals surface area contributed by atoms with Crippen LogP contribution in [0.15, 0.2) is 42.6 Å². The van der Waals surface area contributed by atoms with E-state index in [1.807, 2.05) is 68.4 Å². The van der Waals surface area contributed by atoms with Crippen LogP contribution in [0.4, 0.5) is 4.79 Å². The number of fused-ring (bicyclic) bond motifs is 2. The van der Waals surface area contributed by atoms with E-state index < -0.39 is 83.4 Å². The first kappa shape index (κ1) is 42.4. The van der Waals surface area contributed by atoms with E-state index in [9.17, 15) is 24.3 Å². The van der Waals surface area contributed by atoms with Crippen LogP contribution in [0.3, 0.4) is 0 Å². The second-order valence-electron chi connectivity index (χ2n) is 16.4. The number of amides is 1. The summed E-state index contributed by atoms with van der Waals surface area (Å²) in [5.74, 6) is -5.12. The van der Waals surface area contributed by atoms with E-state index in [0.29, 0.717) is 6.42 Å². The fourth-order valence-electron chi connectivity index (χ4n) is 8.73. The van der Waals surface area contributed by atoms with Gasteiger partial charge in [-0.3, -0.25) is 19.4 Å². The van der Waals surface area contributed by atoms with Gasteiger partial charge in [-0.05, 0) is 78.7 Å². The molecule has 13 nitrogen and oxygen atoms in total. The summed E-state index contributed by atoms with van der Waals surface area (Å²) in [5.41, 5.74) is -1.00. The zero-order chi connectivity index (χ0) is 40.4. The molecule has 2 aromatic rings. The van der Waals surface area contributed by atoms with Crippen LogP contribution < -0.4 is 5.32 Å². The lowest BCUT2D eigenvalue weighted by Crippen LogP contribution is -2.60. The summed E-state index contributed by atoms with van der Waals surface area (Å²) in [7, 11) is 3.74. The first-order valence-electron chi connectivity index (χ1n) is 19.5. The van der Waals surface area contributed by atoms with Gasteiger partial charge in [-0.2, -0.15) is 0 Å². The highest BCUT2D eigenvalue weighted by Crippen LogP contribution is 2.40. The number of alkyl carbamates (subject to hydrolysis) is 1. The highest BCUT2D eigenvalue weighted by atomic mass is 16.7. The molecule has 3 aliphatic heterocycles. The van der Waals surface area contributed by atoms with Gasteiger partial charge in [0.1, 0.15) is 23.9 Å². The Morgan fingerprint density at radius 2 is 1.75 bits per heavy atom. The minimum atomic E-state index is -1.38. The molecule has 1 aromatic carbocycles. The molecule has 13 heteroatoms. The van der Waals surface area contributed by atoms with Gasteiger partial charge in [0.2, 0.25) is 0 Å². The maximum Gasteiger partial charge on any atom is 0.408 e. The SMILES string of the molecule is CC[C@H]1OC(=O)[C@H](C)C(=O)[C@H](C)[C@@H](O[C@@H]2O[C@H](C)C[C@H](N(C)C)[C@H]2O)[C@@](C)(OC/C=C/c2cnc3ccccc3c2)C[C@@H](C)C(=O)[C@H](C)[C@H]2NC(=O)O[C@@]21C. The number of aliphatic hydroxyl groups excluding tert-OH is 1. The van der Waals surface area contributed by atoms with Gasteiger partial charge in [-0.1, -0.05) is 58.0 Å². The van der Waals surface area contributed by atoms with Crippen LogP contribution in [-0.2, 0) is 38.1 Å². The molecule has 55 heavy (non-hydrogen) atoms. The van der Waals surface area contributed by atoms with Crippen molar-refractivity contribution in [3.8, 4) is 0 Å². The number of aromatic nitrogens is 1. The van der Waals surface area contributed by atoms with Crippen molar-refractivity contribution >= 4 is 40.6 Å². The van der Waals surface area contributed by atoms with Gasteiger partial charge < -0.3 is 39.0 Å². The number of ether oxygens (including phenoxy) is 5. The van der Waals surface area contributed by atoms with Gasteiger partial charge >= 0.3 is 12.1 Å². The van der Waals surface area contributed by atoms with Gasteiger partial charge in [0.25, 0.3) is 0 Å². The number of hydrogen-bond donors (Lipinski definition) is 2. The molecule has 2 N–H and O–H groups in total. The van der Waals surface area contributed by atoms with E-state index in [2.05, 4.69) is 10.3 Å². The quantitative estimate of drug-likeness (QED) is 0.270. The van der Waals surface area contributed by atoms with Crippen LogP contribution in [-0.4, -0.2) is 113 Å². The number of carbonyl (C=O) groups excluding carboxylic acids is 4. The molecular weight excluding hydrogens is 706 g/mol. The summed E-state index contributed by atoms with van der Waals surface area (Å²) in [6, 6.07) is 8.70. The Kier molecular flexibility index (Phi) is 13.2. The molecule has 5 rings (SSSR count). The number of para-hydroxylation sites is 1. The molecule has 4 heterocycles. The molecule has 0 radical (unpaired) electrons. The molecule has 3 aliphatic rings. The number of aliphatic hydroxyl groups is 1. The lowest BCUT2D eigenvalue weighted by Gasteiger charge is -2.47. The molecule has 0 bridgehead atoms. The summed E-state index contributed by atoms with van der Waals surface area (Å²) < 4.78 is 31.4. The Hall–Kier alpha value is -3.75. The number of carbonyl (C=O) groups is 4. The minimum Gasteiger partial charge on any atom is -0.458 e. The first-order chi connectivity index (χ1) is 25.9. The summed E-state index contributed by atoms with van der Waals surface area (Å²) in [4.78, 5) is 61.8. The normalized spacial score (nSPS) is 38.1. The Balaban J connectivity index is 1.56. The van der Waals surface area contributed by atoms with E-state index in [1.165, 1.54) is 6.92 Å². The average molecular weight is 766 g/mol. The lowest BCUT2D eigenvalue weighted by molar-refractivity contribution is -0.296. The van der Waals surface area contributed by atoms with E-state index in [1.54, 1.807) is 47.7 Å². The third kappa shape index (κ3) is 8.96. The van der Waals surface area contributed by atoms with Crippen LogP contribution in [0.2, 0.25) is 0 Å². The number of nitrogens with one attached hydrogen (secondary N) is 1. The van der Waals surface area contributed by atoms with Crippen molar-refractivity contribution in [1.82, 2.24) is 15.2 Å². The number of Topliss-reactive ketones (excluding diaryl/α,β-unsaturated/α-hetero) is 2. The molecule has 302 valence electrons. The zero-order valence-corrected chi connectivity index (χ0v) is 33.8. The lowest BCUT2D eigenvalue weighted by atomic mass is 9.73. The number of hydrogen-bond acceptors (Lipinski definition) is 12. The van der Waals surface area contributed by atoms with Gasteiger partial charge in [-0.15, -0.1) is 0 Å². The van der Waals surface area contributed by atoms with E-state index in [-0.39, 0.29) is 37.4 Å². The van der Waals surface area contributed by atoms with Crippen LogP contribution in [0.25, 0.3) is 17.0 Å². The molecule has 1 aromatic heterocycles. The van der Waals surface area contributed by atoms with Crippen molar-refractivity contribution in [2.45, 2.75) is 129 Å². The van der Waals surface area contributed by atoms with Crippen LogP contribution in [0.5, 0.6) is 0 Å². The molecule has 0 unspecified atom stereocenters. The van der Waals surface area contributed by atoms with E-state index in [0.717, 1.165) is 16.5 Å². The molecule has 0 spiro atoms. The number of cyclic esters (lactones) is 1. The Morgan fingerprint density at radius 1 is 1.04 bits per heavy atom. The maximum absolute atomic E-state index is 14.4. The van der Waals surface area contributed by atoms with Crippen LogP contribution in [0.1, 0.15) is 80.2 Å². The Labute approximate surface area is 324 Å². The zero-order valence-electron chi connectivity index (χ0n) is 33.8. The van der Waals surface area contributed by atoms with Gasteiger partial charge in [0.05, 0.1) is 36.0 Å². The molecule has 0 saturated carbocycles. The molecule has 1 amide bonds.